The molecular formula is C16H22N2O2. The third kappa shape index (κ3) is 2.08. The van der Waals surface area contributed by atoms with Gasteiger partial charge in [-0.1, -0.05) is 17.7 Å². The van der Waals surface area contributed by atoms with Gasteiger partial charge in [-0.3, -0.25) is 4.90 Å². The first-order valence-electron chi connectivity index (χ1n) is 7.37. The minimum Gasteiger partial charge on any atom is -0.449 e. The summed E-state index contributed by atoms with van der Waals surface area (Å²) in [5.74, 6) is 0.410. The molecule has 2 aliphatic heterocycles. The Balaban J connectivity index is 2.01. The number of piperidine rings is 1. The highest BCUT2D eigenvalue weighted by molar-refractivity contribution is 5.92. The van der Waals surface area contributed by atoms with Gasteiger partial charge in [0.2, 0.25) is 0 Å². The van der Waals surface area contributed by atoms with Gasteiger partial charge >= 0.3 is 6.09 Å². The van der Waals surface area contributed by atoms with Crippen LogP contribution in [0.4, 0.5) is 10.5 Å². The molecule has 4 heteroatoms. The van der Waals surface area contributed by atoms with Crippen molar-refractivity contribution < 1.29 is 9.53 Å². The van der Waals surface area contributed by atoms with Crippen LogP contribution in [0.2, 0.25) is 0 Å². The van der Waals surface area contributed by atoms with Crippen LogP contribution in [0.15, 0.2) is 18.2 Å². The summed E-state index contributed by atoms with van der Waals surface area (Å²) in [4.78, 5) is 16.6. The lowest BCUT2D eigenvalue weighted by atomic mass is 9.89. The molecule has 2 atom stereocenters. The summed E-state index contributed by atoms with van der Waals surface area (Å²) >= 11 is 0. The normalized spacial score (nSPS) is 25.2. The topological polar surface area (TPSA) is 32.8 Å². The standard InChI is InChI=1S/C16H22N2O2/c1-4-20-16(19)18-14-6-5-11(2)9-12(14)13-10-17(3)8-7-15(13)18/h5-6,9,13,15H,4,7-8,10H2,1-3H3/t13-,15+/m1/s1. The maximum atomic E-state index is 12.3. The highest BCUT2D eigenvalue weighted by Gasteiger charge is 2.44. The number of anilines is 1. The number of carbonyl (C=O) groups excluding carboxylic acids is 1. The Morgan fingerprint density at radius 3 is 3.00 bits per heavy atom. The van der Waals surface area contributed by atoms with Crippen molar-refractivity contribution in [3.63, 3.8) is 0 Å². The summed E-state index contributed by atoms with van der Waals surface area (Å²) in [6.45, 7) is 6.43. The third-order valence-corrected chi connectivity index (χ3v) is 4.42. The molecule has 0 radical (unpaired) electrons. The van der Waals surface area contributed by atoms with Gasteiger partial charge in [0.25, 0.3) is 0 Å². The Morgan fingerprint density at radius 2 is 2.25 bits per heavy atom. The predicted octanol–water partition coefficient (Wildman–Crippen LogP) is 2.76. The van der Waals surface area contributed by atoms with Crippen molar-refractivity contribution in [2.75, 3.05) is 31.6 Å². The molecule has 0 N–H and O–H groups in total. The zero-order chi connectivity index (χ0) is 14.3. The van der Waals surface area contributed by atoms with Gasteiger partial charge in [-0.15, -0.1) is 0 Å². The second kappa shape index (κ2) is 5.09. The summed E-state index contributed by atoms with van der Waals surface area (Å²) < 4.78 is 5.26. The fourth-order valence-corrected chi connectivity index (χ4v) is 3.51. The molecule has 2 heterocycles. The first-order chi connectivity index (χ1) is 9.61. The number of hydrogen-bond donors (Lipinski definition) is 0. The molecular weight excluding hydrogens is 252 g/mol. The van der Waals surface area contributed by atoms with Gasteiger partial charge in [0.1, 0.15) is 0 Å². The van der Waals surface area contributed by atoms with Crippen LogP contribution < -0.4 is 4.90 Å². The molecule has 20 heavy (non-hydrogen) atoms. The second-order valence-electron chi connectivity index (χ2n) is 5.86. The zero-order valence-electron chi connectivity index (χ0n) is 12.4. The molecule has 1 aromatic rings. The minimum absolute atomic E-state index is 0.199. The number of likely N-dealkylation sites (tertiary alicyclic amines) is 1. The van der Waals surface area contributed by atoms with Crippen LogP contribution in [0, 0.1) is 6.92 Å². The average molecular weight is 274 g/mol. The van der Waals surface area contributed by atoms with Crippen LogP contribution in [0.3, 0.4) is 0 Å². The number of amides is 1. The highest BCUT2D eigenvalue weighted by Crippen LogP contribution is 2.45. The Hall–Kier alpha value is -1.55. The van der Waals surface area contributed by atoms with Gasteiger partial charge in [-0.2, -0.15) is 0 Å². The molecule has 0 spiro atoms. The smallest absolute Gasteiger partial charge is 0.414 e. The number of carbonyl (C=O) groups is 1. The summed E-state index contributed by atoms with van der Waals surface area (Å²) in [5.41, 5.74) is 3.59. The molecule has 108 valence electrons. The van der Waals surface area contributed by atoms with Crippen LogP contribution in [0.25, 0.3) is 0 Å². The van der Waals surface area contributed by atoms with Crippen molar-refractivity contribution in [1.82, 2.24) is 4.90 Å². The molecule has 0 unspecified atom stereocenters. The maximum Gasteiger partial charge on any atom is 0.414 e. The molecule has 0 bridgehead atoms. The fraction of sp³-hybridized carbons (Fsp3) is 0.562. The number of nitrogens with zero attached hydrogens (tertiary/aromatic N) is 2. The van der Waals surface area contributed by atoms with E-state index < -0.39 is 0 Å². The molecule has 1 saturated heterocycles. The molecule has 1 fully saturated rings. The van der Waals surface area contributed by atoms with Crippen LogP contribution in [0.1, 0.15) is 30.4 Å². The minimum atomic E-state index is -0.199. The van der Waals surface area contributed by atoms with Gasteiger partial charge in [-0.25, -0.2) is 4.79 Å². The van der Waals surface area contributed by atoms with E-state index in [2.05, 4.69) is 37.1 Å². The van der Waals surface area contributed by atoms with Crippen LogP contribution in [-0.4, -0.2) is 43.8 Å². The van der Waals surface area contributed by atoms with E-state index in [1.54, 1.807) is 0 Å². The van der Waals surface area contributed by atoms with Crippen molar-refractivity contribution in [2.24, 2.45) is 0 Å². The average Bonchev–Trinajstić information content (AvgIpc) is 2.72. The van der Waals surface area contributed by atoms with E-state index in [-0.39, 0.29) is 12.1 Å². The number of benzene rings is 1. The highest BCUT2D eigenvalue weighted by atomic mass is 16.6. The first-order valence-corrected chi connectivity index (χ1v) is 7.37. The van der Waals surface area contributed by atoms with Crippen molar-refractivity contribution >= 4 is 11.8 Å². The quantitative estimate of drug-likeness (QED) is 0.789. The van der Waals surface area contributed by atoms with E-state index in [4.69, 9.17) is 4.74 Å². The first kappa shape index (κ1) is 13.4. The van der Waals surface area contributed by atoms with Gasteiger partial charge in [-0.05, 0) is 45.5 Å². The van der Waals surface area contributed by atoms with Crippen LogP contribution in [0.5, 0.6) is 0 Å². The summed E-state index contributed by atoms with van der Waals surface area (Å²) in [5, 5.41) is 0. The number of fused-ring (bicyclic) bond motifs is 3. The van der Waals surface area contributed by atoms with Crippen molar-refractivity contribution in [3.8, 4) is 0 Å². The Labute approximate surface area is 120 Å². The monoisotopic (exact) mass is 274 g/mol. The lowest BCUT2D eigenvalue weighted by Gasteiger charge is -2.35. The van der Waals surface area contributed by atoms with Crippen molar-refractivity contribution in [3.05, 3.63) is 29.3 Å². The maximum absolute atomic E-state index is 12.3. The van der Waals surface area contributed by atoms with E-state index in [1.807, 2.05) is 11.8 Å². The molecule has 0 saturated carbocycles. The van der Waals surface area contributed by atoms with Crippen LogP contribution >= 0.6 is 0 Å². The molecule has 1 aromatic carbocycles. The van der Waals surface area contributed by atoms with Crippen molar-refractivity contribution in [2.45, 2.75) is 32.2 Å². The van der Waals surface area contributed by atoms with E-state index >= 15 is 0 Å². The number of hydrogen-bond acceptors (Lipinski definition) is 3. The van der Waals surface area contributed by atoms with Gasteiger partial charge in [0.05, 0.1) is 12.3 Å². The Bertz CT molecular complexity index is 529. The van der Waals surface area contributed by atoms with Gasteiger partial charge < -0.3 is 9.64 Å². The zero-order valence-corrected chi connectivity index (χ0v) is 12.4. The van der Waals surface area contributed by atoms with Gasteiger partial charge in [0, 0.05) is 18.5 Å². The molecule has 4 nitrogen and oxygen atoms in total. The number of ether oxygens (including phenoxy) is 1. The number of aryl methyl sites for hydroxylation is 1. The van der Waals surface area contributed by atoms with Crippen LogP contribution in [-0.2, 0) is 4.74 Å². The number of rotatable bonds is 1. The summed E-state index contributed by atoms with van der Waals surface area (Å²) in [6, 6.07) is 6.62. The molecule has 1 amide bonds. The fourth-order valence-electron chi connectivity index (χ4n) is 3.51. The van der Waals surface area contributed by atoms with E-state index in [0.717, 1.165) is 25.2 Å². The lowest BCUT2D eigenvalue weighted by molar-refractivity contribution is 0.151. The SMILES string of the molecule is CCOC(=O)N1c2ccc(C)cc2[C@H]2CN(C)CC[C@@H]21. The molecule has 3 rings (SSSR count). The summed E-state index contributed by atoms with van der Waals surface area (Å²) in [6.07, 6.45) is 0.808. The van der Waals surface area contributed by atoms with Crippen molar-refractivity contribution in [1.29, 1.82) is 0 Å². The Morgan fingerprint density at radius 1 is 1.45 bits per heavy atom. The Kier molecular flexibility index (Phi) is 3.42. The van der Waals surface area contributed by atoms with E-state index in [0.29, 0.717) is 12.5 Å². The summed E-state index contributed by atoms with van der Waals surface area (Å²) in [7, 11) is 2.15. The second-order valence-corrected chi connectivity index (χ2v) is 5.86. The lowest BCUT2D eigenvalue weighted by Crippen LogP contribution is -2.47. The molecule has 0 aliphatic carbocycles. The third-order valence-electron chi connectivity index (χ3n) is 4.42. The predicted molar refractivity (Wildman–Crippen MR) is 79.3 cm³/mol. The molecule has 0 aromatic heterocycles. The number of likely N-dealkylation sites (N-methyl/N-ethyl adjacent to an activating group) is 1. The largest absolute Gasteiger partial charge is 0.449 e. The van der Waals surface area contributed by atoms with E-state index in [1.165, 1.54) is 11.1 Å². The molecule has 2 aliphatic rings. The van der Waals surface area contributed by atoms with Gasteiger partial charge in [0.15, 0.2) is 0 Å². The van der Waals surface area contributed by atoms with E-state index in [9.17, 15) is 4.79 Å².